The van der Waals surface area contributed by atoms with E-state index in [1.807, 2.05) is 0 Å². The van der Waals surface area contributed by atoms with Crippen molar-refractivity contribution in [3.63, 3.8) is 0 Å². The topological polar surface area (TPSA) is 61.4 Å². The Morgan fingerprint density at radius 3 is 3.06 bits per heavy atom. The third-order valence-corrected chi connectivity index (χ3v) is 3.91. The number of hydrogen-bond acceptors (Lipinski definition) is 3. The van der Waals surface area contributed by atoms with Crippen LogP contribution in [0.5, 0.6) is 0 Å². The summed E-state index contributed by atoms with van der Waals surface area (Å²) in [6.07, 6.45) is 0.865. The Kier molecular flexibility index (Phi) is 2.70. The Bertz CT molecular complexity index is 492. The van der Waals surface area contributed by atoms with Crippen LogP contribution in [0.25, 0.3) is 0 Å². The van der Waals surface area contributed by atoms with E-state index in [4.69, 9.17) is 0 Å². The average Bonchev–Trinajstić information content (AvgIpc) is 2.35. The fraction of sp³-hybridized carbons (Fsp3) is 0.462. The predicted octanol–water partition coefficient (Wildman–Crippen LogP) is 1.40. The lowest BCUT2D eigenvalue weighted by Gasteiger charge is -2.41. The number of nitrogens with one attached hydrogen (secondary N) is 2. The number of anilines is 1. The van der Waals surface area contributed by atoms with Crippen LogP contribution in [0, 0.1) is 11.7 Å². The number of halogens is 1. The van der Waals surface area contributed by atoms with Crippen molar-refractivity contribution < 1.29 is 14.3 Å². The zero-order valence-corrected chi connectivity index (χ0v) is 9.82. The highest BCUT2D eigenvalue weighted by molar-refractivity contribution is 5.81. The van der Waals surface area contributed by atoms with Crippen molar-refractivity contribution in [2.75, 3.05) is 18.4 Å². The van der Waals surface area contributed by atoms with Crippen LogP contribution in [0.4, 0.5) is 10.1 Å². The van der Waals surface area contributed by atoms with Gasteiger partial charge in [0.15, 0.2) is 0 Å². The molecule has 1 aromatic rings. The summed E-state index contributed by atoms with van der Waals surface area (Å²) in [5, 5.41) is 16.0. The summed E-state index contributed by atoms with van der Waals surface area (Å²) in [5.41, 5.74) is 1.32. The highest BCUT2D eigenvalue weighted by Crippen LogP contribution is 2.40. The minimum atomic E-state index is -0.831. The van der Waals surface area contributed by atoms with Crippen molar-refractivity contribution in [2.45, 2.75) is 18.4 Å². The fourth-order valence-electron chi connectivity index (χ4n) is 3.08. The normalized spacial score (nSPS) is 29.9. The number of fused-ring (bicyclic) bond motifs is 2. The van der Waals surface area contributed by atoms with E-state index in [1.165, 1.54) is 12.1 Å². The van der Waals surface area contributed by atoms with Crippen molar-refractivity contribution in [1.29, 1.82) is 0 Å². The van der Waals surface area contributed by atoms with E-state index in [0.29, 0.717) is 17.8 Å². The number of carboxylic acid groups (broad SMARTS) is 1. The van der Waals surface area contributed by atoms with E-state index in [-0.39, 0.29) is 17.8 Å². The van der Waals surface area contributed by atoms with Crippen LogP contribution in [0.1, 0.15) is 17.9 Å². The van der Waals surface area contributed by atoms with Gasteiger partial charge in [-0.1, -0.05) is 6.07 Å². The minimum absolute atomic E-state index is 0.0224. The van der Waals surface area contributed by atoms with Gasteiger partial charge in [-0.3, -0.25) is 4.79 Å². The van der Waals surface area contributed by atoms with Crippen molar-refractivity contribution in [3.05, 3.63) is 29.6 Å². The molecule has 18 heavy (non-hydrogen) atoms. The van der Waals surface area contributed by atoms with Crippen LogP contribution in [-0.4, -0.2) is 30.2 Å². The molecule has 96 valence electrons. The molecule has 4 nitrogen and oxygen atoms in total. The van der Waals surface area contributed by atoms with E-state index in [1.54, 1.807) is 6.07 Å². The highest BCUT2D eigenvalue weighted by Gasteiger charge is 2.41. The SMILES string of the molecule is O=C(O)C1c2ccc(F)cc2NC2CCNCC21. The molecule has 0 aliphatic carbocycles. The summed E-state index contributed by atoms with van der Waals surface area (Å²) in [5.74, 6) is -1.70. The maximum atomic E-state index is 13.2. The number of aliphatic carboxylic acids is 1. The van der Waals surface area contributed by atoms with E-state index in [9.17, 15) is 14.3 Å². The van der Waals surface area contributed by atoms with Gasteiger partial charge in [0.25, 0.3) is 0 Å². The van der Waals surface area contributed by atoms with Gasteiger partial charge in [-0.2, -0.15) is 0 Å². The molecule has 0 spiro atoms. The largest absolute Gasteiger partial charge is 0.481 e. The van der Waals surface area contributed by atoms with E-state index >= 15 is 0 Å². The maximum absolute atomic E-state index is 13.2. The molecular weight excluding hydrogens is 235 g/mol. The van der Waals surface area contributed by atoms with E-state index in [2.05, 4.69) is 10.6 Å². The van der Waals surface area contributed by atoms with Crippen LogP contribution >= 0.6 is 0 Å². The molecule has 0 amide bonds. The third kappa shape index (κ3) is 1.75. The standard InChI is InChI=1S/C13H15FN2O2/c14-7-1-2-8-11(5-7)16-10-3-4-15-6-9(10)12(8)13(17)18/h1-2,5,9-10,12,15-16H,3-4,6H2,(H,17,18). The second kappa shape index (κ2) is 4.24. The number of piperidine rings is 1. The van der Waals surface area contributed by atoms with Crippen LogP contribution in [0.3, 0.4) is 0 Å². The number of hydrogen-bond donors (Lipinski definition) is 3. The lowest BCUT2D eigenvalue weighted by atomic mass is 9.75. The van der Waals surface area contributed by atoms with Gasteiger partial charge in [0.1, 0.15) is 5.82 Å². The summed E-state index contributed by atoms with van der Waals surface area (Å²) in [6, 6.07) is 4.42. The van der Waals surface area contributed by atoms with Gasteiger partial charge in [0.05, 0.1) is 5.92 Å². The van der Waals surface area contributed by atoms with Crippen LogP contribution in [-0.2, 0) is 4.79 Å². The lowest BCUT2D eigenvalue weighted by Crippen LogP contribution is -2.50. The molecule has 0 radical (unpaired) electrons. The van der Waals surface area contributed by atoms with Crippen molar-refractivity contribution in [2.24, 2.45) is 5.92 Å². The fourth-order valence-corrected chi connectivity index (χ4v) is 3.08. The van der Waals surface area contributed by atoms with E-state index in [0.717, 1.165) is 13.0 Å². The average molecular weight is 250 g/mol. The molecule has 5 heteroatoms. The number of rotatable bonds is 1. The first-order valence-electron chi connectivity index (χ1n) is 6.16. The first-order chi connectivity index (χ1) is 8.66. The second-order valence-corrected chi connectivity index (χ2v) is 4.95. The van der Waals surface area contributed by atoms with Gasteiger partial charge in [-0.05, 0) is 30.7 Å². The van der Waals surface area contributed by atoms with E-state index < -0.39 is 11.9 Å². The molecule has 3 N–H and O–H groups in total. The quantitative estimate of drug-likeness (QED) is 0.705. The van der Waals surface area contributed by atoms with Gasteiger partial charge in [0.2, 0.25) is 0 Å². The maximum Gasteiger partial charge on any atom is 0.311 e. The van der Waals surface area contributed by atoms with Crippen LogP contribution < -0.4 is 10.6 Å². The highest BCUT2D eigenvalue weighted by atomic mass is 19.1. The number of benzene rings is 1. The Balaban J connectivity index is 2.06. The zero-order valence-electron chi connectivity index (χ0n) is 9.82. The zero-order chi connectivity index (χ0) is 12.7. The smallest absolute Gasteiger partial charge is 0.311 e. The first-order valence-corrected chi connectivity index (χ1v) is 6.16. The van der Waals surface area contributed by atoms with Gasteiger partial charge in [0, 0.05) is 24.2 Å². The molecule has 3 atom stereocenters. The van der Waals surface area contributed by atoms with Crippen molar-refractivity contribution >= 4 is 11.7 Å². The monoisotopic (exact) mass is 250 g/mol. The van der Waals surface area contributed by atoms with Crippen LogP contribution in [0.15, 0.2) is 18.2 Å². The molecule has 0 bridgehead atoms. The van der Waals surface area contributed by atoms with Gasteiger partial charge >= 0.3 is 5.97 Å². The molecule has 2 aliphatic rings. The Morgan fingerprint density at radius 1 is 1.44 bits per heavy atom. The van der Waals surface area contributed by atoms with Gasteiger partial charge < -0.3 is 15.7 Å². The molecule has 2 heterocycles. The number of carbonyl (C=O) groups is 1. The molecular formula is C13H15FN2O2. The molecule has 1 aromatic carbocycles. The lowest BCUT2D eigenvalue weighted by molar-refractivity contribution is -0.140. The Labute approximate surface area is 104 Å². The third-order valence-electron chi connectivity index (χ3n) is 3.91. The summed E-state index contributed by atoms with van der Waals surface area (Å²) >= 11 is 0. The Hall–Kier alpha value is -1.62. The molecule has 1 saturated heterocycles. The summed E-state index contributed by atoms with van der Waals surface area (Å²) in [4.78, 5) is 11.5. The molecule has 0 saturated carbocycles. The van der Waals surface area contributed by atoms with Gasteiger partial charge in [-0.25, -0.2) is 4.39 Å². The summed E-state index contributed by atoms with van der Waals surface area (Å²) < 4.78 is 13.2. The van der Waals surface area contributed by atoms with Crippen molar-refractivity contribution in [1.82, 2.24) is 5.32 Å². The molecule has 3 rings (SSSR count). The predicted molar refractivity (Wildman–Crippen MR) is 65.2 cm³/mol. The molecule has 1 fully saturated rings. The van der Waals surface area contributed by atoms with Crippen LogP contribution in [0.2, 0.25) is 0 Å². The van der Waals surface area contributed by atoms with Gasteiger partial charge in [-0.15, -0.1) is 0 Å². The minimum Gasteiger partial charge on any atom is -0.481 e. The molecule has 2 aliphatic heterocycles. The second-order valence-electron chi connectivity index (χ2n) is 4.95. The Morgan fingerprint density at radius 2 is 2.28 bits per heavy atom. The summed E-state index contributed by atoms with van der Waals surface area (Å²) in [7, 11) is 0. The molecule has 0 aromatic heterocycles. The molecule has 3 unspecified atom stereocenters. The summed E-state index contributed by atoms with van der Waals surface area (Å²) in [6.45, 7) is 1.55. The number of carboxylic acids is 1. The van der Waals surface area contributed by atoms with Crippen molar-refractivity contribution in [3.8, 4) is 0 Å². The first kappa shape index (κ1) is 11.5.